The summed E-state index contributed by atoms with van der Waals surface area (Å²) in [5.74, 6) is 0. The van der Waals surface area contributed by atoms with Gasteiger partial charge in [0, 0.05) is 16.1 Å². The first kappa shape index (κ1) is 12.4. The van der Waals surface area contributed by atoms with E-state index in [1.54, 1.807) is 5.67 Å². The van der Waals surface area contributed by atoms with Crippen LogP contribution in [0.1, 0.15) is 20.3 Å². The molecule has 0 saturated heterocycles. The smallest absolute Gasteiger partial charge is 0.0475 e. The SMILES string of the molecule is CCC(C)[Si](C)(C)C[Si](C)(C)C. The van der Waals surface area contributed by atoms with Crippen LogP contribution in [0.5, 0.6) is 0 Å². The molecule has 0 N–H and O–H groups in total. The molecule has 0 saturated carbocycles. The molecule has 74 valence electrons. The topological polar surface area (TPSA) is 0 Å². The fourth-order valence-corrected chi connectivity index (χ4v) is 15.5. The molecule has 0 nitrogen and oxygen atoms in total. The van der Waals surface area contributed by atoms with E-state index in [-0.39, 0.29) is 0 Å². The van der Waals surface area contributed by atoms with Crippen molar-refractivity contribution >= 4 is 16.1 Å². The van der Waals surface area contributed by atoms with Crippen molar-refractivity contribution in [2.75, 3.05) is 0 Å². The summed E-state index contributed by atoms with van der Waals surface area (Å²) >= 11 is 0. The maximum atomic E-state index is 2.57. The lowest BCUT2D eigenvalue weighted by molar-refractivity contribution is 0.840. The Morgan fingerprint density at radius 3 is 1.67 bits per heavy atom. The molecule has 0 radical (unpaired) electrons. The molecule has 0 aliphatic carbocycles. The highest BCUT2D eigenvalue weighted by Gasteiger charge is 2.32. The molecule has 0 bridgehead atoms. The van der Waals surface area contributed by atoms with Gasteiger partial charge in [-0.25, -0.2) is 0 Å². The molecule has 1 unspecified atom stereocenters. The quantitative estimate of drug-likeness (QED) is 0.594. The van der Waals surface area contributed by atoms with Gasteiger partial charge >= 0.3 is 0 Å². The Morgan fingerprint density at radius 2 is 1.42 bits per heavy atom. The Morgan fingerprint density at radius 1 is 1.00 bits per heavy atom. The summed E-state index contributed by atoms with van der Waals surface area (Å²) in [7, 11) is -1.69. The molecule has 1 atom stereocenters. The van der Waals surface area contributed by atoms with Crippen molar-refractivity contribution in [3.63, 3.8) is 0 Å². The first-order chi connectivity index (χ1) is 5.19. The van der Waals surface area contributed by atoms with Crippen LogP contribution in [0, 0.1) is 0 Å². The molecule has 0 heterocycles. The van der Waals surface area contributed by atoms with Gasteiger partial charge in [0.25, 0.3) is 0 Å². The van der Waals surface area contributed by atoms with Crippen LogP contribution in [0.15, 0.2) is 0 Å². The second-order valence-electron chi connectivity index (χ2n) is 6.04. The van der Waals surface area contributed by atoms with Crippen molar-refractivity contribution in [1.29, 1.82) is 0 Å². The van der Waals surface area contributed by atoms with Gasteiger partial charge in [-0.15, -0.1) is 0 Å². The van der Waals surface area contributed by atoms with E-state index < -0.39 is 16.1 Å². The fraction of sp³-hybridized carbons (Fsp3) is 1.00. The first-order valence-electron chi connectivity index (χ1n) is 5.19. The van der Waals surface area contributed by atoms with E-state index in [1.807, 2.05) is 0 Å². The van der Waals surface area contributed by atoms with Gasteiger partial charge in [0.2, 0.25) is 0 Å². The zero-order valence-electron chi connectivity index (χ0n) is 9.99. The van der Waals surface area contributed by atoms with Gasteiger partial charge in [-0.05, 0) is 5.54 Å². The third kappa shape index (κ3) is 4.46. The molecular formula is C10H26Si2. The van der Waals surface area contributed by atoms with Crippen LogP contribution < -0.4 is 0 Å². The van der Waals surface area contributed by atoms with E-state index in [0.29, 0.717) is 0 Å². The summed E-state index contributed by atoms with van der Waals surface area (Å²) in [6, 6.07) is 0. The van der Waals surface area contributed by atoms with Gasteiger partial charge in [-0.1, -0.05) is 58.7 Å². The molecular weight excluding hydrogens is 176 g/mol. The van der Waals surface area contributed by atoms with Gasteiger partial charge in [0.05, 0.1) is 0 Å². The van der Waals surface area contributed by atoms with Crippen LogP contribution in [0.2, 0.25) is 43.9 Å². The summed E-state index contributed by atoms with van der Waals surface area (Å²) in [4.78, 5) is 0. The first-order valence-corrected chi connectivity index (χ1v) is 12.2. The molecule has 0 aromatic rings. The third-order valence-electron chi connectivity index (χ3n) is 2.93. The summed E-state index contributed by atoms with van der Waals surface area (Å²) < 4.78 is 0. The monoisotopic (exact) mass is 202 g/mol. The maximum absolute atomic E-state index is 2.57. The Bertz CT molecular complexity index is 133. The summed E-state index contributed by atoms with van der Waals surface area (Å²) in [5.41, 5.74) is 2.60. The highest BCUT2D eigenvalue weighted by Crippen LogP contribution is 2.31. The third-order valence-corrected chi connectivity index (χ3v) is 13.9. The van der Waals surface area contributed by atoms with E-state index in [0.717, 1.165) is 5.54 Å². The van der Waals surface area contributed by atoms with Gasteiger partial charge in [0.1, 0.15) is 0 Å². The van der Waals surface area contributed by atoms with Gasteiger partial charge in [0.15, 0.2) is 0 Å². The van der Waals surface area contributed by atoms with Crippen LogP contribution in [0.3, 0.4) is 0 Å². The zero-order valence-corrected chi connectivity index (χ0v) is 12.0. The summed E-state index contributed by atoms with van der Waals surface area (Å²) in [5, 5.41) is 0. The molecule has 2 heteroatoms. The molecule has 0 spiro atoms. The highest BCUT2D eigenvalue weighted by atomic mass is 28.4. The van der Waals surface area contributed by atoms with Gasteiger partial charge in [-0.3, -0.25) is 0 Å². The van der Waals surface area contributed by atoms with E-state index in [2.05, 4.69) is 46.6 Å². The molecule has 12 heavy (non-hydrogen) atoms. The van der Waals surface area contributed by atoms with Crippen LogP contribution in [-0.4, -0.2) is 16.1 Å². The Hall–Kier alpha value is 0.434. The zero-order chi connectivity index (χ0) is 9.99. The molecule has 0 aliphatic heterocycles. The average Bonchev–Trinajstić information content (AvgIpc) is 1.80. The highest BCUT2D eigenvalue weighted by molar-refractivity contribution is 6.95. The lowest BCUT2D eigenvalue weighted by atomic mass is 10.4. The largest absolute Gasteiger partial charge is 0.0698 e. The van der Waals surface area contributed by atoms with Crippen molar-refractivity contribution in [1.82, 2.24) is 0 Å². The minimum absolute atomic E-state index is 0.810. The second-order valence-corrected chi connectivity index (χ2v) is 17.5. The molecule has 0 rings (SSSR count). The normalized spacial score (nSPS) is 16.2. The van der Waals surface area contributed by atoms with Gasteiger partial charge in [-0.2, -0.15) is 0 Å². The summed E-state index contributed by atoms with van der Waals surface area (Å²) in [6.45, 7) is 17.4. The Balaban J connectivity index is 4.22. The minimum Gasteiger partial charge on any atom is -0.0698 e. The van der Waals surface area contributed by atoms with E-state index in [9.17, 15) is 0 Å². The van der Waals surface area contributed by atoms with Crippen molar-refractivity contribution < 1.29 is 0 Å². The predicted molar refractivity (Wildman–Crippen MR) is 65.4 cm³/mol. The predicted octanol–water partition coefficient (Wildman–Crippen LogP) is 4.37. The Kier molecular flexibility index (Phi) is 4.24. The maximum Gasteiger partial charge on any atom is 0.0475 e. The van der Waals surface area contributed by atoms with Crippen molar-refractivity contribution in [3.05, 3.63) is 0 Å². The molecule has 0 amide bonds. The fourth-order valence-electron chi connectivity index (χ4n) is 2.09. The van der Waals surface area contributed by atoms with Crippen molar-refractivity contribution in [2.45, 2.75) is 64.2 Å². The lowest BCUT2D eigenvalue weighted by Crippen LogP contribution is -2.40. The summed E-state index contributed by atoms with van der Waals surface area (Å²) in [6.07, 6.45) is 1.38. The van der Waals surface area contributed by atoms with Crippen LogP contribution in [0.4, 0.5) is 0 Å². The molecule has 0 aromatic carbocycles. The van der Waals surface area contributed by atoms with Crippen molar-refractivity contribution in [3.8, 4) is 0 Å². The number of hydrogen-bond donors (Lipinski definition) is 0. The van der Waals surface area contributed by atoms with Crippen LogP contribution in [0.25, 0.3) is 0 Å². The second kappa shape index (κ2) is 4.10. The number of hydrogen-bond acceptors (Lipinski definition) is 0. The molecule has 0 fully saturated rings. The van der Waals surface area contributed by atoms with Crippen LogP contribution in [-0.2, 0) is 0 Å². The standard InChI is InChI=1S/C10H26Si2/c1-8-10(2)12(6,7)9-11(3,4)5/h10H,8-9H2,1-7H3. The van der Waals surface area contributed by atoms with Gasteiger partial charge < -0.3 is 0 Å². The Labute approximate surface area is 80.8 Å². The van der Waals surface area contributed by atoms with E-state index in [4.69, 9.17) is 0 Å². The molecule has 0 aliphatic rings. The minimum atomic E-state index is -0.880. The molecule has 0 aromatic heterocycles. The van der Waals surface area contributed by atoms with Crippen LogP contribution >= 0.6 is 0 Å². The van der Waals surface area contributed by atoms with E-state index in [1.165, 1.54) is 6.42 Å². The average molecular weight is 202 g/mol. The lowest BCUT2D eigenvalue weighted by Gasteiger charge is -2.34. The number of rotatable bonds is 4. The van der Waals surface area contributed by atoms with Crippen molar-refractivity contribution in [2.24, 2.45) is 0 Å². The van der Waals surface area contributed by atoms with E-state index >= 15 is 0 Å².